The quantitative estimate of drug-likeness (QED) is 0.635. The van der Waals surface area contributed by atoms with Gasteiger partial charge in [0.2, 0.25) is 0 Å². The molecule has 6 atom stereocenters. The Hall–Kier alpha value is -2.11. The Morgan fingerprint density at radius 2 is 2.31 bits per heavy atom. The third-order valence-corrected chi connectivity index (χ3v) is 7.37. The third-order valence-electron chi connectivity index (χ3n) is 7.37. The number of benzene rings is 1. The Bertz CT molecular complexity index is 863. The summed E-state index contributed by atoms with van der Waals surface area (Å²) in [6.07, 6.45) is 6.95. The molecule has 1 aromatic rings. The number of nitrogens with zero attached hydrogens (tertiary/aromatic N) is 1. The van der Waals surface area contributed by atoms with Crippen molar-refractivity contribution in [1.29, 1.82) is 0 Å². The van der Waals surface area contributed by atoms with E-state index in [0.717, 1.165) is 36.0 Å². The lowest BCUT2D eigenvalue weighted by Gasteiger charge is -2.59. The highest BCUT2D eigenvalue weighted by Crippen LogP contribution is 2.62. The van der Waals surface area contributed by atoms with E-state index in [1.54, 1.807) is 6.07 Å². The zero-order valence-electron chi connectivity index (χ0n) is 15.0. The van der Waals surface area contributed by atoms with Crippen LogP contribution in [0, 0.1) is 5.92 Å². The number of primary amides is 1. The molecule has 5 heteroatoms. The molecule has 1 spiro atoms. The summed E-state index contributed by atoms with van der Waals surface area (Å²) in [4.78, 5) is 12.0. The first kappa shape index (κ1) is 16.1. The van der Waals surface area contributed by atoms with E-state index in [1.807, 2.05) is 18.2 Å². The molecular formula is C21H25N2O3+. The number of hydrogen-bond donors (Lipinski definition) is 2. The lowest BCUT2D eigenvalue weighted by atomic mass is 9.52. The Labute approximate surface area is 153 Å². The fourth-order valence-corrected chi connectivity index (χ4v) is 6.23. The predicted octanol–water partition coefficient (Wildman–Crippen LogP) is 1.29. The molecule has 5 rings (SSSR count). The van der Waals surface area contributed by atoms with Crippen LogP contribution in [0.2, 0.25) is 0 Å². The van der Waals surface area contributed by atoms with Gasteiger partial charge in [-0.3, -0.25) is 4.79 Å². The first-order valence-electron chi connectivity index (χ1n) is 9.37. The predicted molar refractivity (Wildman–Crippen MR) is 97.9 cm³/mol. The number of likely N-dealkylation sites (N-methyl/N-ethyl adjacent to an activating group) is 1. The van der Waals surface area contributed by atoms with Crippen molar-refractivity contribution in [2.75, 3.05) is 20.1 Å². The van der Waals surface area contributed by atoms with E-state index in [1.165, 1.54) is 5.56 Å². The molecule has 1 unspecified atom stereocenters. The van der Waals surface area contributed by atoms with Crippen LogP contribution in [0.5, 0.6) is 5.75 Å². The summed E-state index contributed by atoms with van der Waals surface area (Å²) < 4.78 is 7.24. The molecule has 0 radical (unpaired) electrons. The van der Waals surface area contributed by atoms with Gasteiger partial charge in [0.1, 0.15) is 24.0 Å². The largest absolute Gasteiger partial charge is 0.485 e. The van der Waals surface area contributed by atoms with Crippen LogP contribution in [0.3, 0.4) is 0 Å². The Kier molecular flexibility index (Phi) is 3.09. The van der Waals surface area contributed by atoms with Crippen LogP contribution < -0.4 is 10.5 Å². The number of aliphatic hydroxyl groups excluding tert-OH is 1. The molecule has 2 aliphatic carbocycles. The first-order valence-corrected chi connectivity index (χ1v) is 9.37. The second-order valence-electron chi connectivity index (χ2n) is 8.52. The van der Waals surface area contributed by atoms with Gasteiger partial charge in [0, 0.05) is 24.3 Å². The summed E-state index contributed by atoms with van der Waals surface area (Å²) in [6, 6.07) is 4.25. The summed E-state index contributed by atoms with van der Waals surface area (Å²) in [6.45, 7) is 5.91. The fraction of sp³-hybridized carbons (Fsp3) is 0.476. The number of quaternary nitrogens is 1. The number of aliphatic hydroxyl groups is 1. The molecule has 2 heterocycles. The van der Waals surface area contributed by atoms with Gasteiger partial charge in [0.05, 0.1) is 31.1 Å². The number of piperidine rings is 1. The third kappa shape index (κ3) is 1.70. The fourth-order valence-electron chi connectivity index (χ4n) is 6.23. The van der Waals surface area contributed by atoms with E-state index in [0.29, 0.717) is 17.4 Å². The maximum absolute atomic E-state index is 12.0. The highest BCUT2D eigenvalue weighted by atomic mass is 16.5. The Morgan fingerprint density at radius 1 is 1.50 bits per heavy atom. The van der Waals surface area contributed by atoms with E-state index in [4.69, 9.17) is 10.5 Å². The number of carbonyl (C=O) groups excluding carboxylic acids is 1. The van der Waals surface area contributed by atoms with E-state index >= 15 is 0 Å². The molecule has 0 aromatic heterocycles. The second-order valence-corrected chi connectivity index (χ2v) is 8.52. The molecule has 0 saturated carbocycles. The van der Waals surface area contributed by atoms with Crippen LogP contribution in [0.15, 0.2) is 36.9 Å². The van der Waals surface area contributed by atoms with Crippen molar-refractivity contribution in [3.8, 4) is 5.75 Å². The van der Waals surface area contributed by atoms with Crippen molar-refractivity contribution in [2.45, 2.75) is 36.5 Å². The number of amides is 1. The van der Waals surface area contributed by atoms with Crippen LogP contribution in [0.1, 0.15) is 27.9 Å². The average molecular weight is 353 g/mol. The molecule has 1 fully saturated rings. The molecule has 2 aliphatic heterocycles. The van der Waals surface area contributed by atoms with E-state index in [2.05, 4.69) is 19.7 Å². The number of likely N-dealkylation sites (tertiary alicyclic amines) is 1. The van der Waals surface area contributed by atoms with Gasteiger partial charge in [-0.2, -0.15) is 0 Å². The molecule has 1 amide bonds. The summed E-state index contributed by atoms with van der Waals surface area (Å²) in [5.74, 6) is 0.430. The van der Waals surface area contributed by atoms with Crippen molar-refractivity contribution in [3.05, 3.63) is 53.6 Å². The van der Waals surface area contributed by atoms with Crippen molar-refractivity contribution < 1.29 is 19.1 Å². The summed E-state index contributed by atoms with van der Waals surface area (Å²) in [5, 5.41) is 10.7. The molecule has 4 aliphatic rings. The van der Waals surface area contributed by atoms with Gasteiger partial charge >= 0.3 is 0 Å². The lowest BCUT2D eigenvalue weighted by Crippen LogP contribution is -2.71. The minimum absolute atomic E-state index is 0.258. The summed E-state index contributed by atoms with van der Waals surface area (Å²) in [5.41, 5.74) is 8.16. The number of hydrogen-bond acceptors (Lipinski definition) is 3. The molecule has 136 valence electrons. The normalized spacial score (nSPS) is 41.3. The number of carbonyl (C=O) groups is 1. The Balaban J connectivity index is 1.78. The van der Waals surface area contributed by atoms with Gasteiger partial charge in [0.25, 0.3) is 5.91 Å². The van der Waals surface area contributed by atoms with Gasteiger partial charge in [-0.05, 0) is 17.7 Å². The minimum Gasteiger partial charge on any atom is -0.485 e. The lowest BCUT2D eigenvalue weighted by molar-refractivity contribution is -0.938. The molecular weight excluding hydrogens is 328 g/mol. The molecule has 2 bridgehead atoms. The van der Waals surface area contributed by atoms with Crippen LogP contribution in [-0.2, 0) is 11.8 Å². The van der Waals surface area contributed by atoms with Crippen molar-refractivity contribution in [3.63, 3.8) is 0 Å². The smallest absolute Gasteiger partial charge is 0.252 e. The van der Waals surface area contributed by atoms with Crippen LogP contribution >= 0.6 is 0 Å². The summed E-state index contributed by atoms with van der Waals surface area (Å²) >= 11 is 0. The van der Waals surface area contributed by atoms with Crippen LogP contribution in [0.4, 0.5) is 0 Å². The number of rotatable bonds is 3. The SMILES string of the molecule is C=CC[N+]1(C)CC[C@]23c4c5ccc(C(N)=O)c4O[C@H]2[C@@H](O)C=C[C@H]3[C@H]1C5. The molecule has 5 nitrogen and oxygen atoms in total. The number of nitrogens with two attached hydrogens (primary N) is 1. The molecule has 1 aromatic carbocycles. The molecule has 3 N–H and O–H groups in total. The average Bonchev–Trinajstić information content (AvgIpc) is 2.95. The zero-order valence-corrected chi connectivity index (χ0v) is 15.0. The van der Waals surface area contributed by atoms with Gasteiger partial charge in [-0.15, -0.1) is 0 Å². The van der Waals surface area contributed by atoms with Crippen LogP contribution in [-0.4, -0.2) is 53.9 Å². The monoisotopic (exact) mass is 353 g/mol. The molecule has 1 saturated heterocycles. The van der Waals surface area contributed by atoms with E-state index in [-0.39, 0.29) is 17.4 Å². The van der Waals surface area contributed by atoms with Gasteiger partial charge < -0.3 is 20.1 Å². The van der Waals surface area contributed by atoms with Crippen molar-refractivity contribution in [1.82, 2.24) is 0 Å². The minimum atomic E-state index is -0.665. The van der Waals surface area contributed by atoms with Crippen LogP contribution in [0.25, 0.3) is 0 Å². The van der Waals surface area contributed by atoms with E-state index in [9.17, 15) is 9.90 Å². The Morgan fingerprint density at radius 3 is 3.04 bits per heavy atom. The standard InChI is InChI=1S/C21H24N2O3/c1-3-9-23(2)10-8-21-14-6-7-16(24)19(21)26-18-13(20(22)25)5-4-12(17(18)21)11-15(14)23/h3-7,14-16,19,24H,1,8-11H2,2H3,(H-,22,25)/p+1/t14-,15+,16-,19-,21-,23?/m0/s1. The van der Waals surface area contributed by atoms with Crippen molar-refractivity contribution >= 4 is 5.91 Å². The first-order chi connectivity index (χ1) is 12.4. The highest BCUT2D eigenvalue weighted by Gasteiger charge is 2.67. The topological polar surface area (TPSA) is 72.6 Å². The zero-order chi connectivity index (χ0) is 18.3. The maximum atomic E-state index is 12.0. The van der Waals surface area contributed by atoms with Gasteiger partial charge in [-0.25, -0.2) is 0 Å². The summed E-state index contributed by atoms with van der Waals surface area (Å²) in [7, 11) is 2.31. The maximum Gasteiger partial charge on any atom is 0.252 e. The van der Waals surface area contributed by atoms with E-state index < -0.39 is 12.0 Å². The van der Waals surface area contributed by atoms with Gasteiger partial charge in [-0.1, -0.05) is 24.8 Å². The second kappa shape index (κ2) is 4.99. The highest BCUT2D eigenvalue weighted by molar-refractivity contribution is 5.97. The number of ether oxygens (including phenoxy) is 1. The van der Waals surface area contributed by atoms with Gasteiger partial charge in [0.15, 0.2) is 0 Å². The molecule has 26 heavy (non-hydrogen) atoms. The van der Waals surface area contributed by atoms with Crippen molar-refractivity contribution in [2.24, 2.45) is 11.7 Å².